The normalized spacial score (nSPS) is 20.2. The Kier molecular flexibility index (Phi) is 3.55. The molecule has 0 fully saturated rings. The highest BCUT2D eigenvalue weighted by Crippen LogP contribution is 2.31. The highest BCUT2D eigenvalue weighted by atomic mass is 35.5. The molecule has 0 amide bonds. The van der Waals surface area contributed by atoms with Gasteiger partial charge < -0.3 is 10.3 Å². The van der Waals surface area contributed by atoms with Crippen molar-refractivity contribution in [2.24, 2.45) is 11.7 Å². The third kappa shape index (κ3) is 2.11. The van der Waals surface area contributed by atoms with Crippen LogP contribution in [0.4, 0.5) is 0 Å². The van der Waals surface area contributed by atoms with Crippen LogP contribution in [0.15, 0.2) is 0 Å². The Morgan fingerprint density at radius 1 is 1.56 bits per heavy atom. The van der Waals surface area contributed by atoms with E-state index >= 15 is 0 Å². The molecule has 1 aromatic rings. The first-order chi connectivity index (χ1) is 7.63. The summed E-state index contributed by atoms with van der Waals surface area (Å²) in [4.78, 5) is 4.48. The van der Waals surface area contributed by atoms with Crippen molar-refractivity contribution in [3.63, 3.8) is 0 Å². The van der Waals surface area contributed by atoms with Crippen molar-refractivity contribution in [3.05, 3.63) is 16.7 Å². The first-order valence-corrected chi connectivity index (χ1v) is 6.46. The van der Waals surface area contributed by atoms with Crippen molar-refractivity contribution in [1.82, 2.24) is 9.55 Å². The number of fused-ring (bicyclic) bond motifs is 1. The minimum Gasteiger partial charge on any atom is -0.330 e. The lowest BCUT2D eigenvalue weighted by atomic mass is 9.94. The molecule has 0 saturated heterocycles. The number of rotatable bonds is 3. The molecule has 1 aromatic heterocycles. The largest absolute Gasteiger partial charge is 0.330 e. The van der Waals surface area contributed by atoms with Gasteiger partial charge in [0.15, 0.2) is 5.15 Å². The highest BCUT2D eigenvalue weighted by molar-refractivity contribution is 6.30. The van der Waals surface area contributed by atoms with Crippen LogP contribution >= 0.6 is 11.6 Å². The zero-order valence-corrected chi connectivity index (χ0v) is 10.8. The maximum absolute atomic E-state index is 6.18. The van der Waals surface area contributed by atoms with Crippen molar-refractivity contribution in [2.75, 3.05) is 6.54 Å². The second-order valence-corrected chi connectivity index (χ2v) is 5.31. The van der Waals surface area contributed by atoms with E-state index in [9.17, 15) is 0 Å². The Balaban J connectivity index is 2.27. The average Bonchev–Trinajstić information content (AvgIpc) is 2.57. The fourth-order valence-corrected chi connectivity index (χ4v) is 2.80. The van der Waals surface area contributed by atoms with E-state index in [1.54, 1.807) is 0 Å². The number of hydrogen-bond donors (Lipinski definition) is 1. The van der Waals surface area contributed by atoms with Gasteiger partial charge in [-0.25, -0.2) is 4.98 Å². The molecule has 90 valence electrons. The Morgan fingerprint density at radius 2 is 2.31 bits per heavy atom. The van der Waals surface area contributed by atoms with Gasteiger partial charge in [-0.3, -0.25) is 0 Å². The van der Waals surface area contributed by atoms with Crippen LogP contribution in [0.5, 0.6) is 0 Å². The fourth-order valence-electron chi connectivity index (χ4n) is 2.52. The summed E-state index contributed by atoms with van der Waals surface area (Å²) in [6.45, 7) is 6.15. The number of hydrogen-bond acceptors (Lipinski definition) is 2. The maximum Gasteiger partial charge on any atom is 0.150 e. The van der Waals surface area contributed by atoms with Gasteiger partial charge in [-0.15, -0.1) is 0 Å². The monoisotopic (exact) mass is 241 g/mol. The molecule has 1 atom stereocenters. The Hall–Kier alpha value is -0.540. The first-order valence-electron chi connectivity index (χ1n) is 6.08. The second kappa shape index (κ2) is 4.76. The van der Waals surface area contributed by atoms with Crippen molar-refractivity contribution < 1.29 is 0 Å². The van der Waals surface area contributed by atoms with Crippen LogP contribution in [-0.2, 0) is 13.0 Å². The highest BCUT2D eigenvalue weighted by Gasteiger charge is 2.25. The van der Waals surface area contributed by atoms with E-state index in [1.807, 2.05) is 0 Å². The molecule has 0 aliphatic carbocycles. The molecule has 0 radical (unpaired) electrons. The van der Waals surface area contributed by atoms with E-state index in [4.69, 9.17) is 17.3 Å². The number of nitrogens with zero attached hydrogens (tertiary/aromatic N) is 2. The van der Waals surface area contributed by atoms with E-state index < -0.39 is 0 Å². The van der Waals surface area contributed by atoms with Gasteiger partial charge in [-0.2, -0.15) is 0 Å². The van der Waals surface area contributed by atoms with Crippen molar-refractivity contribution >= 4 is 11.6 Å². The molecule has 0 aromatic carbocycles. The van der Waals surface area contributed by atoms with Gasteiger partial charge in [0.25, 0.3) is 0 Å². The van der Waals surface area contributed by atoms with Crippen LogP contribution in [0.25, 0.3) is 0 Å². The van der Waals surface area contributed by atoms with Crippen LogP contribution in [0.1, 0.15) is 44.1 Å². The Labute approximate surface area is 102 Å². The van der Waals surface area contributed by atoms with Gasteiger partial charge >= 0.3 is 0 Å². The number of aromatic nitrogens is 2. The Bertz CT molecular complexity index is 371. The lowest BCUT2D eigenvalue weighted by Gasteiger charge is -2.25. The molecule has 2 N–H and O–H groups in total. The number of halogens is 1. The van der Waals surface area contributed by atoms with Crippen LogP contribution in [0.3, 0.4) is 0 Å². The molecular weight excluding hydrogens is 222 g/mol. The van der Waals surface area contributed by atoms with Gasteiger partial charge in [0.1, 0.15) is 5.82 Å². The summed E-state index contributed by atoms with van der Waals surface area (Å²) in [6, 6.07) is 0. The van der Waals surface area contributed by atoms with Crippen molar-refractivity contribution in [1.29, 1.82) is 0 Å². The van der Waals surface area contributed by atoms with Gasteiger partial charge in [0, 0.05) is 12.5 Å². The summed E-state index contributed by atoms with van der Waals surface area (Å²) >= 11 is 6.18. The first kappa shape index (κ1) is 11.9. The van der Waals surface area contributed by atoms with Crippen LogP contribution in [0.2, 0.25) is 5.15 Å². The summed E-state index contributed by atoms with van der Waals surface area (Å²) < 4.78 is 2.32. The minimum absolute atomic E-state index is 0.433. The molecule has 2 rings (SSSR count). The van der Waals surface area contributed by atoms with Crippen molar-refractivity contribution in [3.8, 4) is 0 Å². The number of imidazole rings is 1. The van der Waals surface area contributed by atoms with Crippen molar-refractivity contribution in [2.45, 2.75) is 45.6 Å². The van der Waals surface area contributed by atoms with Crippen LogP contribution in [0, 0.1) is 5.92 Å². The Morgan fingerprint density at radius 3 is 2.94 bits per heavy atom. The van der Waals surface area contributed by atoms with Crippen LogP contribution < -0.4 is 5.73 Å². The lowest BCUT2D eigenvalue weighted by Crippen LogP contribution is -2.24. The van der Waals surface area contributed by atoms with E-state index in [-0.39, 0.29) is 0 Å². The third-order valence-electron chi connectivity index (χ3n) is 3.37. The third-order valence-corrected chi connectivity index (χ3v) is 3.68. The van der Waals surface area contributed by atoms with Gasteiger partial charge in [0.2, 0.25) is 0 Å². The summed E-state index contributed by atoms with van der Waals surface area (Å²) in [5.41, 5.74) is 6.85. The molecule has 0 bridgehead atoms. The minimum atomic E-state index is 0.433. The molecule has 4 heteroatoms. The standard InChI is InChI=1S/C12H20ClN3/c1-8(2)12-15-11(13)10-4-3-9(5-6-14)7-16(10)12/h8-9H,3-7,14H2,1-2H3. The summed E-state index contributed by atoms with van der Waals surface area (Å²) in [6.07, 6.45) is 3.34. The van der Waals surface area contributed by atoms with E-state index in [1.165, 1.54) is 12.1 Å². The molecule has 1 aliphatic heterocycles. The second-order valence-electron chi connectivity index (χ2n) is 4.95. The van der Waals surface area contributed by atoms with Gasteiger partial charge in [-0.1, -0.05) is 25.4 Å². The molecule has 0 saturated carbocycles. The molecule has 2 heterocycles. The topological polar surface area (TPSA) is 43.8 Å². The predicted octanol–water partition coefficient (Wildman–Crippen LogP) is 2.57. The maximum atomic E-state index is 6.18. The summed E-state index contributed by atoms with van der Waals surface area (Å²) in [5.74, 6) is 2.25. The molecule has 1 aliphatic rings. The zero-order chi connectivity index (χ0) is 11.7. The molecular formula is C12H20ClN3. The number of nitrogens with two attached hydrogens (primary N) is 1. The van der Waals surface area contributed by atoms with Crippen LogP contribution in [-0.4, -0.2) is 16.1 Å². The summed E-state index contributed by atoms with van der Waals surface area (Å²) in [7, 11) is 0. The molecule has 1 unspecified atom stereocenters. The van der Waals surface area contributed by atoms with E-state index in [2.05, 4.69) is 23.4 Å². The predicted molar refractivity (Wildman–Crippen MR) is 66.8 cm³/mol. The fraction of sp³-hybridized carbons (Fsp3) is 0.750. The van der Waals surface area contributed by atoms with Gasteiger partial charge in [0.05, 0.1) is 5.69 Å². The average molecular weight is 242 g/mol. The lowest BCUT2D eigenvalue weighted by molar-refractivity contribution is 0.344. The van der Waals surface area contributed by atoms with E-state index in [0.717, 1.165) is 31.8 Å². The molecule has 3 nitrogen and oxygen atoms in total. The molecule has 16 heavy (non-hydrogen) atoms. The van der Waals surface area contributed by atoms with Gasteiger partial charge in [-0.05, 0) is 31.7 Å². The smallest absolute Gasteiger partial charge is 0.150 e. The zero-order valence-electron chi connectivity index (χ0n) is 10.0. The van der Waals surface area contributed by atoms with E-state index in [0.29, 0.717) is 17.0 Å². The SMILES string of the molecule is CC(C)c1nc(Cl)c2n1CC(CCN)CC2. The molecule has 0 spiro atoms. The summed E-state index contributed by atoms with van der Waals surface area (Å²) in [5, 5.41) is 0.704. The quantitative estimate of drug-likeness (QED) is 0.884.